The number of aryl methyl sites for hydroxylation is 1. The van der Waals surface area contributed by atoms with Crippen LogP contribution >= 0.6 is 0 Å². The van der Waals surface area contributed by atoms with E-state index in [1.807, 2.05) is 0 Å². The zero-order valence-electron chi connectivity index (χ0n) is 10.1. The third-order valence-corrected chi connectivity index (χ3v) is 2.66. The summed E-state index contributed by atoms with van der Waals surface area (Å²) < 4.78 is 0. The molecule has 0 heterocycles. The second-order valence-electron chi connectivity index (χ2n) is 4.22. The highest BCUT2D eigenvalue weighted by Crippen LogP contribution is 2.03. The molecular formula is C13H20N2O2. The lowest BCUT2D eigenvalue weighted by Crippen LogP contribution is -2.34. The molecule has 0 amide bonds. The predicted octanol–water partition coefficient (Wildman–Crippen LogP) is 0.929. The molecule has 1 rings (SSSR count). The molecule has 4 N–H and O–H groups in total. The van der Waals surface area contributed by atoms with Crippen LogP contribution in [0.4, 0.5) is 0 Å². The summed E-state index contributed by atoms with van der Waals surface area (Å²) in [6.07, 6.45) is 1.41. The highest BCUT2D eigenvalue weighted by molar-refractivity contribution is 5.72. The molecule has 0 aliphatic rings. The summed E-state index contributed by atoms with van der Waals surface area (Å²) in [5, 5.41) is 11.8. The first-order valence-electron chi connectivity index (χ1n) is 5.84. The molecule has 1 aromatic rings. The zero-order valence-corrected chi connectivity index (χ0v) is 10.1. The molecule has 17 heavy (non-hydrogen) atoms. The van der Waals surface area contributed by atoms with Gasteiger partial charge in [0, 0.05) is 0 Å². The minimum atomic E-state index is -0.940. The van der Waals surface area contributed by atoms with Crippen molar-refractivity contribution in [1.29, 1.82) is 0 Å². The standard InChI is InChI=1S/C13H20N2O2/c1-10-2-4-11(5-3-10)6-8-15-9-7-12(14)13(16)17/h2-5,12,15H,6-9,14H2,1H3,(H,16,17). The third kappa shape index (κ3) is 5.47. The molecule has 0 radical (unpaired) electrons. The number of aliphatic carboxylic acids is 1. The molecule has 0 aromatic heterocycles. The van der Waals surface area contributed by atoms with E-state index in [-0.39, 0.29) is 0 Å². The van der Waals surface area contributed by atoms with Gasteiger partial charge in [-0.1, -0.05) is 29.8 Å². The van der Waals surface area contributed by atoms with Crippen LogP contribution in [0.3, 0.4) is 0 Å². The average Bonchev–Trinajstić information content (AvgIpc) is 2.30. The van der Waals surface area contributed by atoms with Crippen LogP contribution < -0.4 is 11.1 Å². The average molecular weight is 236 g/mol. The van der Waals surface area contributed by atoms with Crippen molar-refractivity contribution in [2.24, 2.45) is 5.73 Å². The first-order valence-corrected chi connectivity index (χ1v) is 5.84. The lowest BCUT2D eigenvalue weighted by Gasteiger charge is -2.07. The van der Waals surface area contributed by atoms with Crippen molar-refractivity contribution in [3.63, 3.8) is 0 Å². The molecule has 1 unspecified atom stereocenters. The number of carboxylic acid groups (broad SMARTS) is 1. The molecule has 0 aliphatic carbocycles. The molecule has 94 valence electrons. The Bertz CT molecular complexity index is 349. The summed E-state index contributed by atoms with van der Waals surface area (Å²) in [6.45, 7) is 3.55. The summed E-state index contributed by atoms with van der Waals surface area (Å²) in [6, 6.07) is 7.65. The van der Waals surface area contributed by atoms with E-state index in [2.05, 4.69) is 36.5 Å². The fourth-order valence-electron chi connectivity index (χ4n) is 1.49. The number of nitrogens with two attached hydrogens (primary N) is 1. The number of nitrogens with one attached hydrogen (secondary N) is 1. The molecule has 0 saturated carbocycles. The monoisotopic (exact) mass is 236 g/mol. The summed E-state index contributed by atoms with van der Waals surface area (Å²) in [5.74, 6) is -0.940. The van der Waals surface area contributed by atoms with Gasteiger partial charge in [0.2, 0.25) is 0 Å². The van der Waals surface area contributed by atoms with Crippen molar-refractivity contribution >= 4 is 5.97 Å². The smallest absolute Gasteiger partial charge is 0.320 e. The van der Waals surface area contributed by atoms with Gasteiger partial charge in [-0.3, -0.25) is 4.79 Å². The van der Waals surface area contributed by atoms with E-state index >= 15 is 0 Å². The Labute approximate surface area is 102 Å². The highest BCUT2D eigenvalue weighted by atomic mass is 16.4. The molecule has 0 spiro atoms. The van der Waals surface area contributed by atoms with E-state index in [1.165, 1.54) is 11.1 Å². The lowest BCUT2D eigenvalue weighted by atomic mass is 10.1. The first kappa shape index (κ1) is 13.7. The van der Waals surface area contributed by atoms with Gasteiger partial charge in [-0.2, -0.15) is 0 Å². The quantitative estimate of drug-likeness (QED) is 0.616. The minimum Gasteiger partial charge on any atom is -0.480 e. The van der Waals surface area contributed by atoms with E-state index in [1.54, 1.807) is 0 Å². The van der Waals surface area contributed by atoms with Crippen LogP contribution in [-0.4, -0.2) is 30.2 Å². The molecule has 4 heteroatoms. The van der Waals surface area contributed by atoms with E-state index in [9.17, 15) is 4.79 Å². The zero-order chi connectivity index (χ0) is 12.7. The van der Waals surface area contributed by atoms with Crippen LogP contribution in [0.1, 0.15) is 17.5 Å². The number of benzene rings is 1. The molecule has 0 bridgehead atoms. The van der Waals surface area contributed by atoms with Crippen molar-refractivity contribution in [1.82, 2.24) is 5.32 Å². The minimum absolute atomic E-state index is 0.462. The SMILES string of the molecule is Cc1ccc(CCNCCC(N)C(=O)O)cc1. The van der Waals surface area contributed by atoms with Crippen molar-refractivity contribution in [3.8, 4) is 0 Å². The molecule has 0 aliphatic heterocycles. The van der Waals surface area contributed by atoms with Crippen molar-refractivity contribution in [2.75, 3.05) is 13.1 Å². The Morgan fingerprint density at radius 3 is 2.59 bits per heavy atom. The van der Waals surface area contributed by atoms with Gasteiger partial charge in [0.05, 0.1) is 0 Å². The van der Waals surface area contributed by atoms with Crippen molar-refractivity contribution in [3.05, 3.63) is 35.4 Å². The lowest BCUT2D eigenvalue weighted by molar-refractivity contribution is -0.138. The maximum Gasteiger partial charge on any atom is 0.320 e. The van der Waals surface area contributed by atoms with Gasteiger partial charge in [-0.25, -0.2) is 0 Å². The molecule has 0 saturated heterocycles. The number of hydrogen-bond donors (Lipinski definition) is 3. The topological polar surface area (TPSA) is 75.3 Å². The van der Waals surface area contributed by atoms with Crippen LogP contribution in [-0.2, 0) is 11.2 Å². The maximum absolute atomic E-state index is 10.5. The Kier molecular flexibility index (Phi) is 5.66. The van der Waals surface area contributed by atoms with Gasteiger partial charge in [0.15, 0.2) is 0 Å². The highest BCUT2D eigenvalue weighted by Gasteiger charge is 2.09. The molecule has 1 atom stereocenters. The van der Waals surface area contributed by atoms with Crippen LogP contribution in [0.2, 0.25) is 0 Å². The number of rotatable bonds is 7. The second kappa shape index (κ2) is 7.04. The maximum atomic E-state index is 10.5. The fourth-order valence-corrected chi connectivity index (χ4v) is 1.49. The molecule has 4 nitrogen and oxygen atoms in total. The van der Waals surface area contributed by atoms with E-state index in [0.29, 0.717) is 13.0 Å². The van der Waals surface area contributed by atoms with E-state index in [4.69, 9.17) is 10.8 Å². The summed E-state index contributed by atoms with van der Waals surface area (Å²) >= 11 is 0. The third-order valence-electron chi connectivity index (χ3n) is 2.66. The van der Waals surface area contributed by atoms with Crippen LogP contribution in [0.15, 0.2) is 24.3 Å². The number of hydrogen-bond acceptors (Lipinski definition) is 3. The normalized spacial score (nSPS) is 12.4. The van der Waals surface area contributed by atoms with Gasteiger partial charge >= 0.3 is 5.97 Å². The van der Waals surface area contributed by atoms with Gasteiger partial charge in [-0.05, 0) is 38.4 Å². The number of carbonyl (C=O) groups is 1. The summed E-state index contributed by atoms with van der Waals surface area (Å²) in [4.78, 5) is 10.5. The molecular weight excluding hydrogens is 216 g/mol. The van der Waals surface area contributed by atoms with Gasteiger partial charge in [0.1, 0.15) is 6.04 Å². The van der Waals surface area contributed by atoms with Gasteiger partial charge < -0.3 is 16.2 Å². The van der Waals surface area contributed by atoms with Crippen molar-refractivity contribution in [2.45, 2.75) is 25.8 Å². The van der Waals surface area contributed by atoms with Crippen molar-refractivity contribution < 1.29 is 9.90 Å². The molecule has 1 aromatic carbocycles. The Morgan fingerprint density at radius 2 is 2.00 bits per heavy atom. The van der Waals surface area contributed by atoms with Gasteiger partial charge in [0.25, 0.3) is 0 Å². The van der Waals surface area contributed by atoms with Crippen LogP contribution in [0.5, 0.6) is 0 Å². The predicted molar refractivity (Wildman–Crippen MR) is 68.0 cm³/mol. The Morgan fingerprint density at radius 1 is 1.35 bits per heavy atom. The summed E-state index contributed by atoms with van der Waals surface area (Å²) in [7, 11) is 0. The second-order valence-corrected chi connectivity index (χ2v) is 4.22. The fraction of sp³-hybridized carbons (Fsp3) is 0.462. The van der Waals surface area contributed by atoms with E-state index in [0.717, 1.165) is 13.0 Å². The van der Waals surface area contributed by atoms with Crippen LogP contribution in [0.25, 0.3) is 0 Å². The van der Waals surface area contributed by atoms with E-state index < -0.39 is 12.0 Å². The van der Waals surface area contributed by atoms with Gasteiger partial charge in [-0.15, -0.1) is 0 Å². The molecule has 0 fully saturated rings. The first-order chi connectivity index (χ1) is 8.09. The Balaban J connectivity index is 2.12. The Hall–Kier alpha value is -1.39. The number of carboxylic acids is 1. The van der Waals surface area contributed by atoms with Crippen LogP contribution in [0, 0.1) is 6.92 Å². The largest absolute Gasteiger partial charge is 0.480 e. The summed E-state index contributed by atoms with van der Waals surface area (Å²) in [5.41, 5.74) is 7.93.